The van der Waals surface area contributed by atoms with Crippen LogP contribution in [0.25, 0.3) is 11.6 Å². The minimum absolute atomic E-state index is 0.0698. The van der Waals surface area contributed by atoms with Gasteiger partial charge >= 0.3 is 0 Å². The average Bonchev–Trinajstić information content (AvgIpc) is 2.78. The molecule has 0 saturated heterocycles. The molecule has 9 heteroatoms. The Morgan fingerprint density at radius 2 is 1.91 bits per heavy atom. The van der Waals surface area contributed by atoms with Gasteiger partial charge in [0.05, 0.1) is 29.3 Å². The molecule has 0 N–H and O–H groups in total. The third-order valence-electron chi connectivity index (χ3n) is 5.25. The summed E-state index contributed by atoms with van der Waals surface area (Å²) < 4.78 is 66.7. The Balaban J connectivity index is 1.76. The van der Waals surface area contributed by atoms with Crippen molar-refractivity contribution < 1.29 is 26.7 Å². The van der Waals surface area contributed by atoms with Crippen molar-refractivity contribution in [2.24, 2.45) is 0 Å². The van der Waals surface area contributed by atoms with E-state index in [1.54, 1.807) is 37.3 Å². The van der Waals surface area contributed by atoms with Gasteiger partial charge in [-0.2, -0.15) is 0 Å². The highest BCUT2D eigenvalue weighted by Gasteiger charge is 2.31. The first-order valence-electron chi connectivity index (χ1n) is 9.98. The minimum atomic E-state index is -4.03. The maximum absolute atomic E-state index is 14.3. The van der Waals surface area contributed by atoms with Gasteiger partial charge in [-0.15, -0.1) is 0 Å². The van der Waals surface area contributed by atoms with E-state index < -0.39 is 21.7 Å². The van der Waals surface area contributed by atoms with Crippen molar-refractivity contribution >= 4 is 39.0 Å². The number of halogens is 3. The molecular formula is C24H20ClF2NO4S. The largest absolute Gasteiger partial charge is 0.494 e. The fraction of sp³-hybridized carbons (Fsp3) is 0.167. The van der Waals surface area contributed by atoms with Gasteiger partial charge in [-0.1, -0.05) is 29.8 Å². The number of rotatable bonds is 5. The Morgan fingerprint density at radius 3 is 2.64 bits per heavy atom. The number of ether oxygens (including phenoxy) is 2. The standard InChI is InChI=1S/C24H20ClF2NO4S/c1-15(24-18(25)4-3-5-20(24)27)12-16-6-9-22-21(13-16)28(10-11-32-22)33(29,30)17-7-8-19(26)23(14-17)31-2/h3-9,12-14H,10-11H2,1-2H3/b15-12+. The van der Waals surface area contributed by atoms with Crippen LogP contribution in [0, 0.1) is 11.6 Å². The van der Waals surface area contributed by atoms with Crippen LogP contribution in [0.3, 0.4) is 0 Å². The molecule has 0 bridgehead atoms. The highest BCUT2D eigenvalue weighted by Crippen LogP contribution is 2.38. The van der Waals surface area contributed by atoms with Crippen LogP contribution >= 0.6 is 11.6 Å². The second kappa shape index (κ2) is 9.03. The molecule has 1 aliphatic heterocycles. The molecule has 1 aliphatic rings. The number of methoxy groups -OCH3 is 1. The number of hydrogen-bond donors (Lipinski definition) is 0. The zero-order valence-corrected chi connectivity index (χ0v) is 19.4. The molecule has 0 atom stereocenters. The van der Waals surface area contributed by atoms with Crippen molar-refractivity contribution in [3.8, 4) is 11.5 Å². The van der Waals surface area contributed by atoms with E-state index in [0.29, 0.717) is 22.6 Å². The second-order valence-electron chi connectivity index (χ2n) is 7.37. The molecule has 0 spiro atoms. The maximum Gasteiger partial charge on any atom is 0.264 e. The quantitative estimate of drug-likeness (QED) is 0.425. The van der Waals surface area contributed by atoms with Crippen molar-refractivity contribution in [3.05, 3.63) is 82.4 Å². The predicted octanol–water partition coefficient (Wildman–Crippen LogP) is 5.78. The fourth-order valence-corrected chi connectivity index (χ4v) is 5.45. The van der Waals surface area contributed by atoms with E-state index in [2.05, 4.69) is 0 Å². The first kappa shape index (κ1) is 23.1. The molecule has 172 valence electrons. The van der Waals surface area contributed by atoms with E-state index in [0.717, 1.165) is 12.1 Å². The topological polar surface area (TPSA) is 55.8 Å². The molecule has 0 unspecified atom stereocenters. The SMILES string of the molecule is COc1cc(S(=O)(=O)N2CCOc3ccc(/C=C(\C)c4c(F)cccc4Cl)cc32)ccc1F. The average molecular weight is 492 g/mol. The Morgan fingerprint density at radius 1 is 1.12 bits per heavy atom. The van der Waals surface area contributed by atoms with Crippen molar-refractivity contribution in [3.63, 3.8) is 0 Å². The molecule has 3 aromatic rings. The highest BCUT2D eigenvalue weighted by molar-refractivity contribution is 7.92. The Kier molecular flexibility index (Phi) is 6.32. The van der Waals surface area contributed by atoms with Gasteiger partial charge in [0.2, 0.25) is 0 Å². The number of anilines is 1. The van der Waals surface area contributed by atoms with Gasteiger partial charge in [-0.05, 0) is 54.5 Å². The van der Waals surface area contributed by atoms with Crippen LogP contribution in [-0.4, -0.2) is 28.7 Å². The highest BCUT2D eigenvalue weighted by atomic mass is 35.5. The van der Waals surface area contributed by atoms with Gasteiger partial charge in [-0.3, -0.25) is 4.31 Å². The fourth-order valence-electron chi connectivity index (χ4n) is 3.67. The van der Waals surface area contributed by atoms with Gasteiger partial charge in [0.1, 0.15) is 18.2 Å². The molecule has 0 saturated carbocycles. The zero-order chi connectivity index (χ0) is 23.8. The lowest BCUT2D eigenvalue weighted by atomic mass is 10.0. The maximum atomic E-state index is 14.3. The number of allylic oxidation sites excluding steroid dienone is 1. The normalized spacial score (nSPS) is 14.0. The Labute approximate surface area is 195 Å². The smallest absolute Gasteiger partial charge is 0.264 e. The van der Waals surface area contributed by atoms with E-state index in [-0.39, 0.29) is 34.4 Å². The molecule has 4 rings (SSSR count). The van der Waals surface area contributed by atoms with Crippen molar-refractivity contribution in [1.29, 1.82) is 0 Å². The lowest BCUT2D eigenvalue weighted by molar-refractivity contribution is 0.316. The summed E-state index contributed by atoms with van der Waals surface area (Å²) in [6, 6.07) is 12.9. The Hall–Kier alpha value is -3.10. The summed E-state index contributed by atoms with van der Waals surface area (Å²) >= 11 is 6.17. The third-order valence-corrected chi connectivity index (χ3v) is 7.38. The van der Waals surface area contributed by atoms with Crippen LogP contribution < -0.4 is 13.8 Å². The summed E-state index contributed by atoms with van der Waals surface area (Å²) in [6.45, 7) is 1.95. The zero-order valence-electron chi connectivity index (χ0n) is 17.8. The molecule has 0 aromatic heterocycles. The third kappa shape index (κ3) is 4.41. The van der Waals surface area contributed by atoms with Gasteiger partial charge in [0.15, 0.2) is 11.6 Å². The Bertz CT molecular complexity index is 1340. The summed E-state index contributed by atoms with van der Waals surface area (Å²) in [4.78, 5) is -0.108. The lowest BCUT2D eigenvalue weighted by Gasteiger charge is -2.30. The van der Waals surface area contributed by atoms with Crippen LogP contribution in [0.2, 0.25) is 5.02 Å². The van der Waals surface area contributed by atoms with Gasteiger partial charge in [-0.25, -0.2) is 17.2 Å². The first-order chi connectivity index (χ1) is 15.7. The van der Waals surface area contributed by atoms with Crippen LogP contribution in [0.5, 0.6) is 11.5 Å². The van der Waals surface area contributed by atoms with Crippen LogP contribution in [0.4, 0.5) is 14.5 Å². The van der Waals surface area contributed by atoms with Crippen LogP contribution in [0.15, 0.2) is 59.5 Å². The molecule has 5 nitrogen and oxygen atoms in total. The summed E-state index contributed by atoms with van der Waals surface area (Å²) in [5.41, 5.74) is 1.81. The number of benzene rings is 3. The summed E-state index contributed by atoms with van der Waals surface area (Å²) in [7, 11) is -2.77. The first-order valence-corrected chi connectivity index (χ1v) is 11.8. The molecule has 0 radical (unpaired) electrons. The minimum Gasteiger partial charge on any atom is -0.494 e. The number of sulfonamides is 1. The molecular weight excluding hydrogens is 472 g/mol. The number of hydrogen-bond acceptors (Lipinski definition) is 4. The predicted molar refractivity (Wildman–Crippen MR) is 124 cm³/mol. The number of nitrogens with zero attached hydrogens (tertiary/aromatic N) is 1. The van der Waals surface area contributed by atoms with E-state index in [9.17, 15) is 17.2 Å². The lowest BCUT2D eigenvalue weighted by Crippen LogP contribution is -2.38. The molecule has 0 amide bonds. The summed E-state index contributed by atoms with van der Waals surface area (Å²) in [5, 5.41) is 0.277. The summed E-state index contributed by atoms with van der Waals surface area (Å²) in [6.07, 6.45) is 1.71. The van der Waals surface area contributed by atoms with Crippen LogP contribution in [-0.2, 0) is 10.0 Å². The molecule has 0 aliphatic carbocycles. The van der Waals surface area contributed by atoms with Crippen molar-refractivity contribution in [1.82, 2.24) is 0 Å². The van der Waals surface area contributed by atoms with E-state index in [4.69, 9.17) is 21.1 Å². The molecule has 1 heterocycles. The van der Waals surface area contributed by atoms with Gasteiger partial charge in [0, 0.05) is 11.6 Å². The van der Waals surface area contributed by atoms with Gasteiger partial charge in [0.25, 0.3) is 10.0 Å². The molecule has 3 aromatic carbocycles. The summed E-state index contributed by atoms with van der Waals surface area (Å²) in [5.74, 6) is -0.892. The van der Waals surface area contributed by atoms with E-state index in [1.807, 2.05) is 0 Å². The van der Waals surface area contributed by atoms with E-state index >= 15 is 0 Å². The second-order valence-corrected chi connectivity index (χ2v) is 9.64. The number of fused-ring (bicyclic) bond motifs is 1. The molecule has 33 heavy (non-hydrogen) atoms. The van der Waals surface area contributed by atoms with Crippen LogP contribution in [0.1, 0.15) is 18.1 Å². The monoisotopic (exact) mass is 491 g/mol. The molecule has 0 fully saturated rings. The van der Waals surface area contributed by atoms with E-state index in [1.165, 1.54) is 29.6 Å². The van der Waals surface area contributed by atoms with Crippen molar-refractivity contribution in [2.75, 3.05) is 24.6 Å². The van der Waals surface area contributed by atoms with Gasteiger partial charge < -0.3 is 9.47 Å². The van der Waals surface area contributed by atoms with Crippen molar-refractivity contribution in [2.45, 2.75) is 11.8 Å².